The van der Waals surface area contributed by atoms with Crippen LogP contribution in [0.15, 0.2) is 41.4 Å². The van der Waals surface area contributed by atoms with Crippen molar-refractivity contribution < 1.29 is 27.9 Å². The van der Waals surface area contributed by atoms with Gasteiger partial charge in [0, 0.05) is 5.56 Å². The van der Waals surface area contributed by atoms with Crippen LogP contribution in [0.3, 0.4) is 0 Å². The summed E-state index contributed by atoms with van der Waals surface area (Å²) in [6, 6.07) is 8.46. The Morgan fingerprint density at radius 1 is 1.19 bits per heavy atom. The number of hydrogen-bond donors (Lipinski definition) is 1. The molecule has 0 aliphatic carbocycles. The van der Waals surface area contributed by atoms with Gasteiger partial charge in [0.2, 0.25) is 6.23 Å². The number of aromatic hydroxyl groups is 1. The van der Waals surface area contributed by atoms with E-state index in [2.05, 4.69) is 9.73 Å². The van der Waals surface area contributed by atoms with Gasteiger partial charge in [0.1, 0.15) is 12.1 Å². The molecule has 0 radical (unpaired) electrons. The number of hydroxylamine groups is 2. The summed E-state index contributed by atoms with van der Waals surface area (Å²) in [5.74, 6) is -0.558. The molecular formula is C16H11Cl2F3N2O3. The van der Waals surface area contributed by atoms with Gasteiger partial charge in [-0.15, -0.1) is 13.2 Å². The molecule has 0 spiro atoms. The van der Waals surface area contributed by atoms with E-state index in [0.29, 0.717) is 11.1 Å². The molecule has 2 aromatic carbocycles. The van der Waals surface area contributed by atoms with Crippen molar-refractivity contribution in [1.82, 2.24) is 5.06 Å². The van der Waals surface area contributed by atoms with Crippen LogP contribution in [0.4, 0.5) is 13.2 Å². The van der Waals surface area contributed by atoms with E-state index in [1.807, 2.05) is 0 Å². The standard InChI is InChI=1S/C16H11Cl2F3N2O3/c17-12-5-10(6-13(18)14(12)24)15-22-8-23(26-15)7-9-2-1-3-11(4-9)25-16(19,20)21/h1-6,8,15,24H,7H2. The van der Waals surface area contributed by atoms with Gasteiger partial charge in [0.05, 0.1) is 16.6 Å². The lowest BCUT2D eigenvalue weighted by molar-refractivity contribution is -0.274. The van der Waals surface area contributed by atoms with Gasteiger partial charge in [-0.25, -0.2) is 14.9 Å². The molecule has 2 aromatic rings. The number of ether oxygens (including phenoxy) is 1. The first-order valence-corrected chi connectivity index (χ1v) is 7.96. The summed E-state index contributed by atoms with van der Waals surface area (Å²) in [5.41, 5.74) is 1.05. The normalized spacial score (nSPS) is 17.0. The fourth-order valence-corrected chi connectivity index (χ4v) is 2.80. The van der Waals surface area contributed by atoms with E-state index in [-0.39, 0.29) is 28.1 Å². The van der Waals surface area contributed by atoms with Gasteiger partial charge in [0.15, 0.2) is 5.75 Å². The number of hydrogen-bond acceptors (Lipinski definition) is 5. The molecule has 1 unspecified atom stereocenters. The Bertz CT molecular complexity index is 823. The highest BCUT2D eigenvalue weighted by Gasteiger charge is 2.31. The van der Waals surface area contributed by atoms with Crippen molar-refractivity contribution in [3.05, 3.63) is 57.6 Å². The molecule has 5 nitrogen and oxygen atoms in total. The van der Waals surface area contributed by atoms with Crippen molar-refractivity contribution in [3.63, 3.8) is 0 Å². The molecule has 10 heteroatoms. The zero-order valence-corrected chi connectivity index (χ0v) is 14.4. The maximum atomic E-state index is 12.3. The quantitative estimate of drug-likeness (QED) is 0.769. The molecule has 0 aromatic heterocycles. The predicted molar refractivity (Wildman–Crippen MR) is 89.1 cm³/mol. The predicted octanol–water partition coefficient (Wildman–Crippen LogP) is 5.07. The maximum absolute atomic E-state index is 12.3. The van der Waals surface area contributed by atoms with Crippen LogP contribution in [-0.2, 0) is 11.4 Å². The smallest absolute Gasteiger partial charge is 0.505 e. The number of benzene rings is 2. The molecule has 1 heterocycles. The molecule has 1 aliphatic rings. The first-order valence-electron chi connectivity index (χ1n) is 7.20. The van der Waals surface area contributed by atoms with E-state index in [9.17, 15) is 18.3 Å². The highest BCUT2D eigenvalue weighted by Crippen LogP contribution is 2.37. The van der Waals surface area contributed by atoms with Crippen molar-refractivity contribution in [2.75, 3.05) is 0 Å². The summed E-state index contributed by atoms with van der Waals surface area (Å²) in [5, 5.41) is 11.0. The Balaban J connectivity index is 1.67. The highest BCUT2D eigenvalue weighted by atomic mass is 35.5. The second-order valence-electron chi connectivity index (χ2n) is 5.33. The molecule has 1 atom stereocenters. The Morgan fingerprint density at radius 3 is 2.54 bits per heavy atom. The van der Waals surface area contributed by atoms with Crippen LogP contribution in [0, 0.1) is 0 Å². The SMILES string of the molecule is Oc1c(Cl)cc(C2N=CN(Cc3cccc(OC(F)(F)F)c3)O2)cc1Cl. The largest absolute Gasteiger partial charge is 0.573 e. The fourth-order valence-electron chi connectivity index (χ4n) is 2.29. The summed E-state index contributed by atoms with van der Waals surface area (Å²) >= 11 is 11.7. The van der Waals surface area contributed by atoms with Crippen LogP contribution < -0.4 is 4.74 Å². The van der Waals surface area contributed by atoms with E-state index < -0.39 is 12.6 Å². The summed E-state index contributed by atoms with van der Waals surface area (Å²) < 4.78 is 40.8. The first kappa shape index (κ1) is 18.6. The number of phenolic OH excluding ortho intramolecular Hbond substituents is 1. The van der Waals surface area contributed by atoms with Crippen LogP contribution in [0.25, 0.3) is 0 Å². The number of phenols is 1. The lowest BCUT2D eigenvalue weighted by atomic mass is 10.2. The van der Waals surface area contributed by atoms with Crippen LogP contribution in [0.1, 0.15) is 17.4 Å². The molecule has 1 N–H and O–H groups in total. The van der Waals surface area contributed by atoms with Crippen molar-refractivity contribution in [2.45, 2.75) is 19.1 Å². The average Bonchev–Trinajstić information content (AvgIpc) is 2.99. The van der Waals surface area contributed by atoms with E-state index in [1.165, 1.54) is 41.7 Å². The zero-order valence-electron chi connectivity index (χ0n) is 12.9. The third kappa shape index (κ3) is 4.51. The molecule has 3 rings (SSSR count). The molecular weight excluding hydrogens is 396 g/mol. The monoisotopic (exact) mass is 406 g/mol. The van der Waals surface area contributed by atoms with Crippen LogP contribution in [0.2, 0.25) is 10.0 Å². The average molecular weight is 407 g/mol. The van der Waals surface area contributed by atoms with Gasteiger partial charge in [-0.2, -0.15) is 0 Å². The van der Waals surface area contributed by atoms with Crippen molar-refractivity contribution in [2.24, 2.45) is 4.99 Å². The maximum Gasteiger partial charge on any atom is 0.573 e. The Morgan fingerprint density at radius 2 is 1.88 bits per heavy atom. The number of aliphatic imine (C=N–C) groups is 1. The molecule has 0 fully saturated rings. The van der Waals surface area contributed by atoms with Gasteiger partial charge in [-0.1, -0.05) is 35.3 Å². The lowest BCUT2D eigenvalue weighted by Gasteiger charge is -2.17. The second kappa shape index (κ2) is 7.22. The Hall–Kier alpha value is -2.16. The fraction of sp³-hybridized carbons (Fsp3) is 0.188. The number of alkyl halides is 3. The number of halogens is 5. The summed E-state index contributed by atoms with van der Waals surface area (Å²) in [6.45, 7) is 0.147. The van der Waals surface area contributed by atoms with E-state index >= 15 is 0 Å². The Labute approximate surface area is 156 Å². The van der Waals surface area contributed by atoms with Gasteiger partial charge in [-0.3, -0.25) is 0 Å². The molecule has 0 bridgehead atoms. The van der Waals surface area contributed by atoms with Crippen molar-refractivity contribution in [3.8, 4) is 11.5 Å². The number of nitrogens with zero attached hydrogens (tertiary/aromatic N) is 2. The molecule has 138 valence electrons. The van der Waals surface area contributed by atoms with E-state index in [0.717, 1.165) is 0 Å². The minimum absolute atomic E-state index is 0.0572. The molecule has 0 saturated carbocycles. The summed E-state index contributed by atoms with van der Waals surface area (Å²) in [4.78, 5) is 9.74. The third-order valence-electron chi connectivity index (χ3n) is 3.36. The zero-order chi connectivity index (χ0) is 18.9. The van der Waals surface area contributed by atoms with Gasteiger partial charge in [-0.05, 0) is 29.8 Å². The van der Waals surface area contributed by atoms with Crippen molar-refractivity contribution in [1.29, 1.82) is 0 Å². The molecule has 26 heavy (non-hydrogen) atoms. The minimum Gasteiger partial charge on any atom is -0.505 e. The highest BCUT2D eigenvalue weighted by molar-refractivity contribution is 6.37. The second-order valence-corrected chi connectivity index (χ2v) is 6.14. The summed E-state index contributed by atoms with van der Waals surface area (Å²) in [6.07, 6.45) is -4.09. The van der Waals surface area contributed by atoms with Crippen LogP contribution in [-0.4, -0.2) is 22.9 Å². The van der Waals surface area contributed by atoms with E-state index in [4.69, 9.17) is 28.0 Å². The Kier molecular flexibility index (Phi) is 5.17. The van der Waals surface area contributed by atoms with E-state index in [1.54, 1.807) is 6.07 Å². The molecule has 0 amide bonds. The van der Waals surface area contributed by atoms with Crippen LogP contribution >= 0.6 is 23.2 Å². The van der Waals surface area contributed by atoms with Gasteiger partial charge >= 0.3 is 6.36 Å². The topological polar surface area (TPSA) is 54.3 Å². The van der Waals surface area contributed by atoms with Crippen LogP contribution in [0.5, 0.6) is 11.5 Å². The lowest BCUT2D eigenvalue weighted by Crippen LogP contribution is -2.19. The van der Waals surface area contributed by atoms with Gasteiger partial charge in [0.25, 0.3) is 0 Å². The molecule has 0 saturated heterocycles. The summed E-state index contributed by atoms with van der Waals surface area (Å²) in [7, 11) is 0. The molecule has 1 aliphatic heterocycles. The van der Waals surface area contributed by atoms with Crippen molar-refractivity contribution >= 4 is 29.5 Å². The third-order valence-corrected chi connectivity index (χ3v) is 3.94. The minimum atomic E-state index is -4.76. The first-order chi connectivity index (χ1) is 12.2. The van der Waals surface area contributed by atoms with Gasteiger partial charge < -0.3 is 9.84 Å². The number of rotatable bonds is 4.